The summed E-state index contributed by atoms with van der Waals surface area (Å²) in [5, 5.41) is 9.55. The number of nitrogens with zero attached hydrogens (tertiary/aromatic N) is 1. The van der Waals surface area contributed by atoms with Crippen LogP contribution >= 0.6 is 0 Å². The summed E-state index contributed by atoms with van der Waals surface area (Å²) >= 11 is 0. The molecule has 2 rings (SSSR count). The van der Waals surface area contributed by atoms with Crippen LogP contribution in [0.15, 0.2) is 24.3 Å². The highest BCUT2D eigenvalue weighted by Gasteiger charge is 2.42. The lowest BCUT2D eigenvalue weighted by atomic mass is 9.72. The molecule has 1 aliphatic rings. The van der Waals surface area contributed by atoms with Gasteiger partial charge in [0.05, 0.1) is 0 Å². The van der Waals surface area contributed by atoms with Gasteiger partial charge >= 0.3 is 0 Å². The number of phenols is 1. The number of benzene rings is 1. The number of aromatic hydroxyl groups is 1. The van der Waals surface area contributed by atoms with E-state index in [0.29, 0.717) is 12.0 Å². The zero-order valence-electron chi connectivity index (χ0n) is 11.2. The first-order chi connectivity index (χ1) is 8.52. The van der Waals surface area contributed by atoms with E-state index in [-0.39, 0.29) is 11.7 Å². The van der Waals surface area contributed by atoms with Gasteiger partial charge in [-0.2, -0.15) is 0 Å². The molecule has 1 N–H and O–H groups in total. The van der Waals surface area contributed by atoms with Crippen LogP contribution < -0.4 is 0 Å². The van der Waals surface area contributed by atoms with Gasteiger partial charge in [-0.05, 0) is 51.1 Å². The molecule has 1 aliphatic carbocycles. The Bertz CT molecular complexity index is 407. The summed E-state index contributed by atoms with van der Waals surface area (Å²) < 4.78 is 15.4. The fourth-order valence-electron chi connectivity index (χ4n) is 3.03. The lowest BCUT2D eigenvalue weighted by molar-refractivity contribution is 0.0199. The van der Waals surface area contributed by atoms with Crippen LogP contribution in [0, 0.1) is 5.92 Å². The van der Waals surface area contributed by atoms with E-state index in [4.69, 9.17) is 0 Å². The standard InChI is InChI=1S/C15H22FNO/c1-17(2)11-13-6-3-4-9-15(13,16)12-7-5-8-14(18)10-12/h5,7-8,10,13,18H,3-4,6,9,11H2,1-2H3. The Labute approximate surface area is 108 Å². The first kappa shape index (κ1) is 13.3. The zero-order chi connectivity index (χ0) is 13.2. The maximum absolute atomic E-state index is 15.4. The topological polar surface area (TPSA) is 23.5 Å². The Hall–Kier alpha value is -1.09. The van der Waals surface area contributed by atoms with Crippen LogP contribution in [-0.4, -0.2) is 30.6 Å². The van der Waals surface area contributed by atoms with Crippen molar-refractivity contribution >= 4 is 0 Å². The smallest absolute Gasteiger partial charge is 0.140 e. The Morgan fingerprint density at radius 3 is 2.83 bits per heavy atom. The lowest BCUT2D eigenvalue weighted by Crippen LogP contribution is -2.39. The average molecular weight is 251 g/mol. The van der Waals surface area contributed by atoms with Crippen molar-refractivity contribution < 1.29 is 9.50 Å². The Balaban J connectivity index is 2.29. The summed E-state index contributed by atoms with van der Waals surface area (Å²) in [6.45, 7) is 0.756. The Kier molecular flexibility index (Phi) is 3.91. The van der Waals surface area contributed by atoms with Gasteiger partial charge in [-0.3, -0.25) is 0 Å². The molecule has 18 heavy (non-hydrogen) atoms. The molecule has 0 bridgehead atoms. The highest BCUT2D eigenvalue weighted by molar-refractivity contribution is 5.32. The number of hydrogen-bond donors (Lipinski definition) is 1. The SMILES string of the molecule is CN(C)CC1CCCCC1(F)c1cccc(O)c1. The normalized spacial score (nSPS) is 28.6. The van der Waals surface area contributed by atoms with E-state index >= 15 is 4.39 Å². The lowest BCUT2D eigenvalue weighted by Gasteiger charge is -2.39. The predicted molar refractivity (Wildman–Crippen MR) is 71.4 cm³/mol. The molecule has 0 spiro atoms. The molecule has 0 aromatic heterocycles. The summed E-state index contributed by atoms with van der Waals surface area (Å²) in [7, 11) is 3.97. The highest BCUT2D eigenvalue weighted by atomic mass is 19.1. The molecule has 0 radical (unpaired) electrons. The third-order valence-corrected chi connectivity index (χ3v) is 3.90. The second-order valence-corrected chi connectivity index (χ2v) is 5.62. The molecule has 100 valence electrons. The first-order valence-corrected chi connectivity index (χ1v) is 6.65. The third kappa shape index (κ3) is 2.66. The maximum atomic E-state index is 15.4. The summed E-state index contributed by atoms with van der Waals surface area (Å²) in [5.74, 6) is 0.168. The molecule has 1 fully saturated rings. The molecule has 1 saturated carbocycles. The van der Waals surface area contributed by atoms with Gasteiger partial charge in [0, 0.05) is 12.5 Å². The minimum absolute atomic E-state index is 0.0167. The zero-order valence-corrected chi connectivity index (χ0v) is 11.2. The molecule has 2 nitrogen and oxygen atoms in total. The first-order valence-electron chi connectivity index (χ1n) is 6.65. The van der Waals surface area contributed by atoms with Crippen molar-refractivity contribution in [3.8, 4) is 5.75 Å². The molecular formula is C15H22FNO. The third-order valence-electron chi connectivity index (χ3n) is 3.90. The Morgan fingerprint density at radius 1 is 1.39 bits per heavy atom. The van der Waals surface area contributed by atoms with E-state index in [1.807, 2.05) is 19.0 Å². The molecule has 1 aromatic rings. The van der Waals surface area contributed by atoms with Crippen molar-refractivity contribution in [2.24, 2.45) is 5.92 Å². The van der Waals surface area contributed by atoms with E-state index in [0.717, 1.165) is 25.8 Å². The molecule has 0 aliphatic heterocycles. The van der Waals surface area contributed by atoms with E-state index in [9.17, 15) is 5.11 Å². The monoisotopic (exact) mass is 251 g/mol. The van der Waals surface area contributed by atoms with Gasteiger partial charge in [-0.15, -0.1) is 0 Å². The van der Waals surface area contributed by atoms with E-state index in [2.05, 4.69) is 0 Å². The second-order valence-electron chi connectivity index (χ2n) is 5.62. The number of phenolic OH excluding ortho intramolecular Hbond substituents is 1. The van der Waals surface area contributed by atoms with Crippen LogP contribution in [0.5, 0.6) is 5.75 Å². The molecular weight excluding hydrogens is 229 g/mol. The van der Waals surface area contributed by atoms with Crippen molar-refractivity contribution in [3.63, 3.8) is 0 Å². The van der Waals surface area contributed by atoms with Crippen molar-refractivity contribution in [3.05, 3.63) is 29.8 Å². The molecule has 0 heterocycles. The van der Waals surface area contributed by atoms with Gasteiger partial charge in [0.25, 0.3) is 0 Å². The van der Waals surface area contributed by atoms with E-state index < -0.39 is 5.67 Å². The minimum atomic E-state index is -1.29. The quantitative estimate of drug-likeness (QED) is 0.891. The molecule has 2 unspecified atom stereocenters. The van der Waals surface area contributed by atoms with Gasteiger partial charge < -0.3 is 10.0 Å². The van der Waals surface area contributed by atoms with Crippen LogP contribution in [0.4, 0.5) is 4.39 Å². The van der Waals surface area contributed by atoms with Crippen molar-refractivity contribution in [1.82, 2.24) is 4.90 Å². The van der Waals surface area contributed by atoms with Gasteiger partial charge in [-0.1, -0.05) is 18.6 Å². The molecule has 0 amide bonds. The molecule has 2 atom stereocenters. The molecule has 0 saturated heterocycles. The van der Waals surface area contributed by atoms with E-state index in [1.165, 1.54) is 0 Å². The fourth-order valence-corrected chi connectivity index (χ4v) is 3.03. The molecule has 3 heteroatoms. The van der Waals surface area contributed by atoms with Gasteiger partial charge in [0.2, 0.25) is 0 Å². The second kappa shape index (κ2) is 5.27. The summed E-state index contributed by atoms with van der Waals surface area (Å²) in [6, 6.07) is 6.70. The molecule has 1 aromatic carbocycles. The van der Waals surface area contributed by atoms with Crippen LogP contribution in [0.3, 0.4) is 0 Å². The average Bonchev–Trinajstić information content (AvgIpc) is 2.32. The Morgan fingerprint density at radius 2 is 2.17 bits per heavy atom. The van der Waals surface area contributed by atoms with Gasteiger partial charge in [0.1, 0.15) is 11.4 Å². The number of hydrogen-bond acceptors (Lipinski definition) is 2. The maximum Gasteiger partial charge on any atom is 0.140 e. The summed E-state index contributed by atoms with van der Waals surface area (Å²) in [5.41, 5.74) is -0.657. The van der Waals surface area contributed by atoms with Gasteiger partial charge in [0.15, 0.2) is 0 Å². The number of alkyl halides is 1. The highest BCUT2D eigenvalue weighted by Crippen LogP contribution is 2.45. The van der Waals surface area contributed by atoms with Crippen molar-refractivity contribution in [2.75, 3.05) is 20.6 Å². The largest absolute Gasteiger partial charge is 0.508 e. The van der Waals surface area contributed by atoms with E-state index in [1.54, 1.807) is 24.3 Å². The fraction of sp³-hybridized carbons (Fsp3) is 0.600. The van der Waals surface area contributed by atoms with Crippen LogP contribution in [0.1, 0.15) is 31.2 Å². The van der Waals surface area contributed by atoms with Gasteiger partial charge in [-0.25, -0.2) is 4.39 Å². The van der Waals surface area contributed by atoms with Crippen LogP contribution in [0.25, 0.3) is 0 Å². The number of rotatable bonds is 3. The number of halogens is 1. The minimum Gasteiger partial charge on any atom is -0.508 e. The van der Waals surface area contributed by atoms with Crippen molar-refractivity contribution in [1.29, 1.82) is 0 Å². The summed E-state index contributed by atoms with van der Waals surface area (Å²) in [4.78, 5) is 2.05. The van der Waals surface area contributed by atoms with Crippen molar-refractivity contribution in [2.45, 2.75) is 31.4 Å². The van der Waals surface area contributed by atoms with Crippen LogP contribution in [0.2, 0.25) is 0 Å². The van der Waals surface area contributed by atoms with Crippen LogP contribution in [-0.2, 0) is 5.67 Å². The summed E-state index contributed by atoms with van der Waals surface area (Å²) in [6.07, 6.45) is 3.51. The predicted octanol–water partition coefficient (Wildman–Crippen LogP) is 3.31.